The summed E-state index contributed by atoms with van der Waals surface area (Å²) in [5.74, 6) is 0. The van der Waals surface area contributed by atoms with E-state index in [-0.39, 0.29) is 0 Å². The predicted octanol–water partition coefficient (Wildman–Crippen LogP) is 9.41. The number of para-hydroxylation sites is 3. The van der Waals surface area contributed by atoms with E-state index < -0.39 is 7.92 Å². The van der Waals surface area contributed by atoms with Gasteiger partial charge in [0.1, 0.15) is 5.65 Å². The Kier molecular flexibility index (Phi) is 5.55. The molecule has 7 aromatic carbocycles. The van der Waals surface area contributed by atoms with Gasteiger partial charge in [0, 0.05) is 33.9 Å². The summed E-state index contributed by atoms with van der Waals surface area (Å²) in [5, 5.41) is 15.0. The molecule has 3 heterocycles. The normalized spacial score (nSPS) is 12.7. The summed E-state index contributed by atoms with van der Waals surface area (Å²) in [6.07, 6.45) is 4.12. The fraction of sp³-hybridized carbons (Fsp3) is 0. The second-order valence-electron chi connectivity index (χ2n) is 11.9. The number of hydrogen-bond donors (Lipinski definition) is 0. The Balaban J connectivity index is 1.32. The molecular weight excluding hydrogens is 577 g/mol. The molecule has 0 radical (unpaired) electrons. The van der Waals surface area contributed by atoms with Gasteiger partial charge in [-0.15, -0.1) is 0 Å². The average molecular weight is 604 g/mol. The molecule has 0 amide bonds. The molecule has 0 bridgehead atoms. The number of nitrogens with zero attached hydrogens (tertiary/aromatic N) is 3. The molecule has 0 saturated heterocycles. The van der Waals surface area contributed by atoms with Crippen LogP contribution in [0.4, 0.5) is 0 Å². The van der Waals surface area contributed by atoms with Gasteiger partial charge in [0.2, 0.25) is 0 Å². The highest BCUT2D eigenvalue weighted by Crippen LogP contribution is 2.41. The minimum atomic E-state index is -0.987. The van der Waals surface area contributed by atoms with Crippen molar-refractivity contribution >= 4 is 94.5 Å². The lowest BCUT2D eigenvalue weighted by Crippen LogP contribution is -2.22. The van der Waals surface area contributed by atoms with Gasteiger partial charge in [-0.3, -0.25) is 9.38 Å². The van der Waals surface area contributed by atoms with Crippen molar-refractivity contribution in [2.75, 3.05) is 0 Å². The van der Waals surface area contributed by atoms with Crippen LogP contribution in [0.15, 0.2) is 158 Å². The Morgan fingerprint density at radius 3 is 1.98 bits per heavy atom. The van der Waals surface area contributed by atoms with Gasteiger partial charge < -0.3 is 0 Å². The molecule has 0 aliphatic rings. The first-order valence-electron chi connectivity index (χ1n) is 15.6. The summed E-state index contributed by atoms with van der Waals surface area (Å²) in [5.41, 5.74) is 4.20. The SMILES string of the molecule is c1ccc2cc(P(c3ccc4c(ccc5ccccc54)c3)c3cncc4c3c3ccccc3n3c5ccccc5nc43)ccc2c1. The van der Waals surface area contributed by atoms with E-state index in [2.05, 4.69) is 156 Å². The van der Waals surface area contributed by atoms with Crippen LogP contribution in [0.3, 0.4) is 0 Å². The van der Waals surface area contributed by atoms with Crippen LogP contribution < -0.4 is 15.9 Å². The molecule has 0 aliphatic heterocycles. The highest BCUT2D eigenvalue weighted by atomic mass is 31.1. The van der Waals surface area contributed by atoms with Crippen molar-refractivity contribution in [1.82, 2.24) is 14.4 Å². The summed E-state index contributed by atoms with van der Waals surface area (Å²) in [4.78, 5) is 10.1. The van der Waals surface area contributed by atoms with Gasteiger partial charge in [-0.1, -0.05) is 115 Å². The van der Waals surface area contributed by atoms with Crippen molar-refractivity contribution in [3.8, 4) is 0 Å². The van der Waals surface area contributed by atoms with Crippen LogP contribution in [0.1, 0.15) is 0 Å². The zero-order valence-corrected chi connectivity index (χ0v) is 25.7. The lowest BCUT2D eigenvalue weighted by Gasteiger charge is -2.23. The number of fused-ring (bicyclic) bond motifs is 12. The van der Waals surface area contributed by atoms with Gasteiger partial charge in [-0.25, -0.2) is 4.98 Å². The van der Waals surface area contributed by atoms with E-state index in [9.17, 15) is 0 Å². The molecule has 0 aliphatic carbocycles. The van der Waals surface area contributed by atoms with Gasteiger partial charge in [0.05, 0.1) is 16.6 Å². The van der Waals surface area contributed by atoms with Crippen LogP contribution in [0.2, 0.25) is 0 Å². The van der Waals surface area contributed by atoms with E-state index in [0.29, 0.717) is 0 Å². The molecule has 3 nitrogen and oxygen atoms in total. The lowest BCUT2D eigenvalue weighted by atomic mass is 10.0. The molecule has 0 spiro atoms. The van der Waals surface area contributed by atoms with Crippen molar-refractivity contribution in [3.05, 3.63) is 158 Å². The van der Waals surface area contributed by atoms with E-state index in [1.54, 1.807) is 0 Å². The number of rotatable bonds is 3. The number of hydrogen-bond acceptors (Lipinski definition) is 2. The quantitative estimate of drug-likeness (QED) is 0.149. The number of aromatic nitrogens is 3. The van der Waals surface area contributed by atoms with Gasteiger partial charge >= 0.3 is 0 Å². The monoisotopic (exact) mass is 603 g/mol. The van der Waals surface area contributed by atoms with Crippen LogP contribution in [0.5, 0.6) is 0 Å². The van der Waals surface area contributed by atoms with E-state index in [0.717, 1.165) is 27.6 Å². The third-order valence-corrected chi connectivity index (χ3v) is 11.8. The van der Waals surface area contributed by atoms with Crippen molar-refractivity contribution in [3.63, 3.8) is 0 Å². The van der Waals surface area contributed by atoms with Crippen molar-refractivity contribution < 1.29 is 0 Å². The fourth-order valence-corrected chi connectivity index (χ4v) is 9.77. The predicted molar refractivity (Wildman–Crippen MR) is 197 cm³/mol. The molecule has 1 unspecified atom stereocenters. The molecule has 3 aromatic heterocycles. The Labute approximate surface area is 266 Å². The molecule has 1 atom stereocenters. The van der Waals surface area contributed by atoms with E-state index >= 15 is 0 Å². The standard InChI is InChI=1S/C42H26N3P/c1-2-11-29-23-31(20-19-27(29)9-1)46(32-21-22-34-30(24-32)18-17-28-10-3-4-12-33(28)34)40-26-43-25-36-41(40)35-13-5-7-15-38(35)45-39-16-8-6-14-37(39)44-42(36)45/h1-26H. The molecule has 0 saturated carbocycles. The van der Waals surface area contributed by atoms with Crippen LogP contribution in [-0.2, 0) is 0 Å². The smallest absolute Gasteiger partial charge is 0.147 e. The van der Waals surface area contributed by atoms with Gasteiger partial charge in [0.15, 0.2) is 0 Å². The van der Waals surface area contributed by atoms with E-state index in [1.807, 2.05) is 6.20 Å². The first kappa shape index (κ1) is 25.7. The highest BCUT2D eigenvalue weighted by Gasteiger charge is 2.24. The minimum Gasteiger partial charge on any atom is -0.292 e. The van der Waals surface area contributed by atoms with Crippen molar-refractivity contribution in [1.29, 1.82) is 0 Å². The molecule has 0 fully saturated rings. The third kappa shape index (κ3) is 3.76. The minimum absolute atomic E-state index is 0.947. The largest absolute Gasteiger partial charge is 0.292 e. The molecule has 10 rings (SSSR count). The summed E-state index contributed by atoms with van der Waals surface area (Å²) >= 11 is 0. The second-order valence-corrected chi connectivity index (χ2v) is 14.1. The molecular formula is C42H26N3P. The molecule has 4 heteroatoms. The van der Waals surface area contributed by atoms with Crippen LogP contribution in [0, 0.1) is 0 Å². The maximum absolute atomic E-state index is 5.18. The maximum Gasteiger partial charge on any atom is 0.147 e. The van der Waals surface area contributed by atoms with E-state index in [1.165, 1.54) is 59.0 Å². The zero-order chi connectivity index (χ0) is 30.2. The Bertz CT molecular complexity index is 2830. The number of pyridine rings is 2. The molecule has 214 valence electrons. The van der Waals surface area contributed by atoms with Crippen molar-refractivity contribution in [2.45, 2.75) is 0 Å². The average Bonchev–Trinajstić information content (AvgIpc) is 3.52. The molecule has 46 heavy (non-hydrogen) atoms. The fourth-order valence-electron chi connectivity index (χ4n) is 7.28. The van der Waals surface area contributed by atoms with Crippen LogP contribution in [0.25, 0.3) is 70.7 Å². The Morgan fingerprint density at radius 2 is 1.09 bits per heavy atom. The molecule has 10 aromatic rings. The highest BCUT2D eigenvalue weighted by molar-refractivity contribution is 7.80. The van der Waals surface area contributed by atoms with Crippen LogP contribution >= 0.6 is 7.92 Å². The van der Waals surface area contributed by atoms with Crippen molar-refractivity contribution in [2.24, 2.45) is 0 Å². The summed E-state index contributed by atoms with van der Waals surface area (Å²) in [7, 11) is -0.987. The van der Waals surface area contributed by atoms with Crippen LogP contribution in [-0.4, -0.2) is 14.4 Å². The second kappa shape index (κ2) is 9.94. The first-order chi connectivity index (χ1) is 22.8. The Hall–Kier alpha value is -5.63. The topological polar surface area (TPSA) is 30.2 Å². The zero-order valence-electron chi connectivity index (χ0n) is 24.8. The first-order valence-corrected chi connectivity index (χ1v) is 16.9. The summed E-state index contributed by atoms with van der Waals surface area (Å²) in [6.45, 7) is 0. The summed E-state index contributed by atoms with van der Waals surface area (Å²) in [6, 6.07) is 53.0. The summed E-state index contributed by atoms with van der Waals surface area (Å²) < 4.78 is 2.30. The Morgan fingerprint density at radius 1 is 0.457 bits per heavy atom. The van der Waals surface area contributed by atoms with Gasteiger partial charge in [-0.2, -0.15) is 0 Å². The van der Waals surface area contributed by atoms with Gasteiger partial charge in [0.25, 0.3) is 0 Å². The van der Waals surface area contributed by atoms with Gasteiger partial charge in [-0.05, 0) is 81.2 Å². The maximum atomic E-state index is 5.18. The molecule has 0 N–H and O–H groups in total. The third-order valence-electron chi connectivity index (χ3n) is 9.36. The van der Waals surface area contributed by atoms with E-state index in [4.69, 9.17) is 9.97 Å². The number of benzene rings is 7. The number of imidazole rings is 1. The lowest BCUT2D eigenvalue weighted by molar-refractivity contribution is 1.30.